The molecule has 2 aliphatic heterocycles. The lowest BCUT2D eigenvalue weighted by Gasteiger charge is -2.34. The monoisotopic (exact) mass is 523 g/mol. The Kier molecular flexibility index (Phi) is 6.08. The molecular formula is C27H28F3N7O. The summed E-state index contributed by atoms with van der Waals surface area (Å²) in [5.41, 5.74) is 3.43. The standard InChI is InChI=1S/C27H28F3N7O/c1-17-15-36(16-31-17)23-8-7-22(32-26(23)38-2)24-33-25-19(4-3-11-37(25)34-24)20-14-18(5-6-21(20)28)35-12-9-27(29,30)10-13-35/h5-8,14-16,19H,3-4,9-13H2,1-2H3/t19-/m0/s1. The minimum absolute atomic E-state index is 0.198. The van der Waals surface area contributed by atoms with Crippen LogP contribution in [0.3, 0.4) is 0 Å². The zero-order valence-electron chi connectivity index (χ0n) is 21.2. The molecule has 3 aromatic heterocycles. The molecule has 1 atom stereocenters. The predicted molar refractivity (Wildman–Crippen MR) is 136 cm³/mol. The Balaban J connectivity index is 1.32. The smallest absolute Gasteiger partial charge is 0.251 e. The van der Waals surface area contributed by atoms with Gasteiger partial charge < -0.3 is 14.2 Å². The van der Waals surface area contributed by atoms with E-state index in [0.29, 0.717) is 41.8 Å². The topological polar surface area (TPSA) is 73.9 Å². The molecule has 5 heterocycles. The number of halogens is 3. The number of pyridine rings is 1. The van der Waals surface area contributed by atoms with E-state index in [1.54, 1.807) is 25.6 Å². The largest absolute Gasteiger partial charge is 0.479 e. The molecule has 4 aromatic rings. The summed E-state index contributed by atoms with van der Waals surface area (Å²) in [5.74, 6) is -1.75. The van der Waals surface area contributed by atoms with Gasteiger partial charge in [-0.05, 0) is 50.1 Å². The van der Waals surface area contributed by atoms with Gasteiger partial charge in [0.1, 0.15) is 23.0 Å². The van der Waals surface area contributed by atoms with Crippen LogP contribution >= 0.6 is 0 Å². The van der Waals surface area contributed by atoms with Crippen molar-refractivity contribution in [3.8, 4) is 23.1 Å². The summed E-state index contributed by atoms with van der Waals surface area (Å²) in [6.45, 7) is 3.06. The van der Waals surface area contributed by atoms with Crippen molar-refractivity contribution in [3.05, 3.63) is 65.8 Å². The van der Waals surface area contributed by atoms with Gasteiger partial charge in [-0.3, -0.25) is 0 Å². The van der Waals surface area contributed by atoms with Crippen LogP contribution in [-0.4, -0.2) is 55.4 Å². The summed E-state index contributed by atoms with van der Waals surface area (Å²) in [5, 5.41) is 4.69. The van der Waals surface area contributed by atoms with Crippen LogP contribution < -0.4 is 9.64 Å². The van der Waals surface area contributed by atoms with Gasteiger partial charge >= 0.3 is 0 Å². The lowest BCUT2D eigenvalue weighted by molar-refractivity contribution is -0.0220. The summed E-state index contributed by atoms with van der Waals surface area (Å²) in [6, 6.07) is 8.59. The number of imidazole rings is 1. The molecule has 0 radical (unpaired) electrons. The number of rotatable bonds is 5. The van der Waals surface area contributed by atoms with E-state index in [0.717, 1.165) is 23.5 Å². The molecule has 1 saturated heterocycles. The summed E-state index contributed by atoms with van der Waals surface area (Å²) in [6.07, 6.45) is 4.72. The fourth-order valence-electron chi connectivity index (χ4n) is 5.30. The summed E-state index contributed by atoms with van der Waals surface area (Å²) >= 11 is 0. The molecule has 0 spiro atoms. The Labute approximate surface area is 218 Å². The molecule has 2 aliphatic rings. The molecular weight excluding hydrogens is 495 g/mol. The number of hydrogen-bond acceptors (Lipinski definition) is 6. The van der Waals surface area contributed by atoms with Crippen LogP contribution in [0.25, 0.3) is 17.2 Å². The van der Waals surface area contributed by atoms with Crippen LogP contribution in [0.15, 0.2) is 42.9 Å². The summed E-state index contributed by atoms with van der Waals surface area (Å²) < 4.78 is 51.7. The van der Waals surface area contributed by atoms with Crippen molar-refractivity contribution < 1.29 is 17.9 Å². The average Bonchev–Trinajstić information content (AvgIpc) is 3.55. The van der Waals surface area contributed by atoms with Gasteiger partial charge in [-0.1, -0.05) is 0 Å². The molecule has 6 rings (SSSR count). The number of nitrogens with zero attached hydrogens (tertiary/aromatic N) is 7. The van der Waals surface area contributed by atoms with Crippen LogP contribution in [0.4, 0.5) is 18.9 Å². The van der Waals surface area contributed by atoms with Crippen LogP contribution in [0, 0.1) is 12.7 Å². The van der Waals surface area contributed by atoms with Crippen molar-refractivity contribution in [2.45, 2.75) is 51.0 Å². The predicted octanol–water partition coefficient (Wildman–Crippen LogP) is 5.14. The van der Waals surface area contributed by atoms with Crippen molar-refractivity contribution in [2.24, 2.45) is 0 Å². The van der Waals surface area contributed by atoms with Crippen LogP contribution in [0.1, 0.15) is 48.7 Å². The number of fused-ring (bicyclic) bond motifs is 1. The molecule has 0 unspecified atom stereocenters. The molecule has 11 heteroatoms. The Morgan fingerprint density at radius 3 is 2.61 bits per heavy atom. The van der Waals surface area contributed by atoms with Gasteiger partial charge in [0.15, 0.2) is 5.82 Å². The minimum Gasteiger partial charge on any atom is -0.479 e. The molecule has 0 aliphatic carbocycles. The van der Waals surface area contributed by atoms with E-state index >= 15 is 4.39 Å². The van der Waals surface area contributed by atoms with Gasteiger partial charge in [0.2, 0.25) is 5.88 Å². The van der Waals surface area contributed by atoms with Crippen LogP contribution in [0.2, 0.25) is 0 Å². The number of methoxy groups -OCH3 is 1. The first-order chi connectivity index (χ1) is 18.3. The molecule has 1 fully saturated rings. The number of benzene rings is 1. The number of anilines is 1. The van der Waals surface area contributed by atoms with E-state index in [1.165, 1.54) is 6.07 Å². The quantitative estimate of drug-likeness (QED) is 0.361. The van der Waals surface area contributed by atoms with Crippen molar-refractivity contribution in [3.63, 3.8) is 0 Å². The van der Waals surface area contributed by atoms with Gasteiger partial charge in [0.05, 0.1) is 19.1 Å². The van der Waals surface area contributed by atoms with Gasteiger partial charge in [-0.25, -0.2) is 32.8 Å². The first-order valence-corrected chi connectivity index (χ1v) is 12.7. The highest BCUT2D eigenvalue weighted by Crippen LogP contribution is 2.38. The van der Waals surface area contributed by atoms with E-state index in [2.05, 4.69) is 15.1 Å². The van der Waals surface area contributed by atoms with Crippen molar-refractivity contribution in [2.75, 3.05) is 25.1 Å². The molecule has 0 amide bonds. The Hall–Kier alpha value is -3.89. The summed E-state index contributed by atoms with van der Waals surface area (Å²) in [4.78, 5) is 15.6. The number of ether oxygens (including phenoxy) is 1. The van der Waals surface area contributed by atoms with E-state index in [-0.39, 0.29) is 37.7 Å². The molecule has 38 heavy (non-hydrogen) atoms. The van der Waals surface area contributed by atoms with Crippen LogP contribution in [-0.2, 0) is 6.54 Å². The van der Waals surface area contributed by atoms with Gasteiger partial charge in [0.25, 0.3) is 5.92 Å². The maximum atomic E-state index is 15.1. The Bertz CT molecular complexity index is 1470. The molecule has 8 nitrogen and oxygen atoms in total. The number of aryl methyl sites for hydroxylation is 2. The third-order valence-corrected chi connectivity index (χ3v) is 7.34. The summed E-state index contributed by atoms with van der Waals surface area (Å²) in [7, 11) is 1.56. The Morgan fingerprint density at radius 2 is 1.87 bits per heavy atom. The molecule has 198 valence electrons. The minimum atomic E-state index is -2.64. The maximum Gasteiger partial charge on any atom is 0.251 e. The van der Waals surface area contributed by atoms with E-state index in [4.69, 9.17) is 9.72 Å². The van der Waals surface area contributed by atoms with E-state index in [1.807, 2.05) is 39.4 Å². The third kappa shape index (κ3) is 4.50. The third-order valence-electron chi connectivity index (χ3n) is 7.34. The molecule has 0 N–H and O–H groups in total. The van der Waals surface area contributed by atoms with Crippen molar-refractivity contribution in [1.82, 2.24) is 29.3 Å². The fourth-order valence-corrected chi connectivity index (χ4v) is 5.30. The number of aromatic nitrogens is 6. The van der Waals surface area contributed by atoms with Gasteiger partial charge in [0, 0.05) is 55.8 Å². The highest BCUT2D eigenvalue weighted by atomic mass is 19.3. The van der Waals surface area contributed by atoms with E-state index in [9.17, 15) is 8.78 Å². The Morgan fingerprint density at radius 1 is 1.05 bits per heavy atom. The van der Waals surface area contributed by atoms with Crippen LogP contribution in [0.5, 0.6) is 5.88 Å². The zero-order chi connectivity index (χ0) is 26.4. The highest BCUT2D eigenvalue weighted by Gasteiger charge is 2.35. The lowest BCUT2D eigenvalue weighted by atomic mass is 9.90. The van der Waals surface area contributed by atoms with Gasteiger partial charge in [-0.2, -0.15) is 0 Å². The second-order valence-electron chi connectivity index (χ2n) is 9.91. The highest BCUT2D eigenvalue weighted by molar-refractivity contribution is 5.56. The van der Waals surface area contributed by atoms with Crippen molar-refractivity contribution >= 4 is 5.69 Å². The average molecular weight is 524 g/mol. The van der Waals surface area contributed by atoms with E-state index < -0.39 is 5.92 Å². The lowest BCUT2D eigenvalue weighted by Crippen LogP contribution is -2.39. The molecule has 0 saturated carbocycles. The number of alkyl halides is 2. The molecule has 0 bridgehead atoms. The normalized spacial score (nSPS) is 18.9. The maximum absolute atomic E-state index is 15.1. The van der Waals surface area contributed by atoms with Crippen molar-refractivity contribution in [1.29, 1.82) is 0 Å². The van der Waals surface area contributed by atoms with Gasteiger partial charge in [-0.15, -0.1) is 5.10 Å². The second kappa shape index (κ2) is 9.45. The second-order valence-corrected chi connectivity index (χ2v) is 9.91. The number of piperidine rings is 1. The first-order valence-electron chi connectivity index (χ1n) is 12.7. The first kappa shape index (κ1) is 24.4. The molecule has 1 aromatic carbocycles. The number of hydrogen-bond donors (Lipinski definition) is 0. The SMILES string of the molecule is COc1nc(-c2nc3n(n2)CCC[C@H]3c2cc(N3CCC(F)(F)CC3)ccc2F)ccc1-n1cnc(C)c1. The zero-order valence-corrected chi connectivity index (χ0v) is 21.2. The fraction of sp³-hybridized carbons (Fsp3) is 0.407.